The van der Waals surface area contributed by atoms with Crippen LogP contribution in [0, 0.1) is 10.1 Å². The number of nitro benzene ring substituents is 1. The third kappa shape index (κ3) is 2.99. The Kier molecular flexibility index (Phi) is 4.15. The molecule has 0 amide bonds. The predicted octanol–water partition coefficient (Wildman–Crippen LogP) is 3.47. The van der Waals surface area contributed by atoms with Crippen LogP contribution in [0.1, 0.15) is 5.56 Å². The van der Waals surface area contributed by atoms with Gasteiger partial charge in [-0.3, -0.25) is 14.7 Å². The van der Waals surface area contributed by atoms with Gasteiger partial charge in [-0.25, -0.2) is 0 Å². The highest BCUT2D eigenvalue weighted by Gasteiger charge is 2.14. The molecule has 3 rings (SSSR count). The number of benzene rings is 2. The molecule has 7 heteroatoms. The van der Waals surface area contributed by atoms with Crippen molar-refractivity contribution in [1.29, 1.82) is 0 Å². The van der Waals surface area contributed by atoms with E-state index in [0.29, 0.717) is 16.5 Å². The lowest BCUT2D eigenvalue weighted by Gasteiger charge is -2.06. The number of hydrogen-bond acceptors (Lipinski definition) is 5. The third-order valence-corrected chi connectivity index (χ3v) is 4.09. The molecule has 22 heavy (non-hydrogen) atoms. The van der Waals surface area contributed by atoms with Crippen molar-refractivity contribution in [3.8, 4) is 5.69 Å². The third-order valence-electron chi connectivity index (χ3n) is 3.10. The fraction of sp³-hybridized carbons (Fsp3) is 0.0667. The van der Waals surface area contributed by atoms with Gasteiger partial charge in [0.25, 0.3) is 5.69 Å². The van der Waals surface area contributed by atoms with E-state index in [9.17, 15) is 10.1 Å². The molecule has 0 unspecified atom stereocenters. The van der Waals surface area contributed by atoms with E-state index in [-0.39, 0.29) is 10.6 Å². The van der Waals surface area contributed by atoms with Crippen molar-refractivity contribution in [2.75, 3.05) is 0 Å². The lowest BCUT2D eigenvalue weighted by molar-refractivity contribution is -0.385. The van der Waals surface area contributed by atoms with Crippen LogP contribution in [-0.4, -0.2) is 19.7 Å². The Morgan fingerprint density at radius 2 is 1.82 bits per heavy atom. The molecule has 0 spiro atoms. The van der Waals surface area contributed by atoms with Crippen LogP contribution < -0.4 is 0 Å². The second-order valence-corrected chi connectivity index (χ2v) is 5.44. The quantitative estimate of drug-likeness (QED) is 0.410. The lowest BCUT2D eigenvalue weighted by Crippen LogP contribution is -1.97. The normalized spacial score (nSPS) is 10.5. The van der Waals surface area contributed by atoms with Gasteiger partial charge >= 0.3 is 0 Å². The van der Waals surface area contributed by atoms with E-state index in [0.717, 1.165) is 5.69 Å². The first kappa shape index (κ1) is 14.3. The van der Waals surface area contributed by atoms with Crippen molar-refractivity contribution in [2.24, 2.45) is 0 Å². The van der Waals surface area contributed by atoms with Gasteiger partial charge in [0, 0.05) is 23.1 Å². The minimum Gasteiger partial charge on any atom is -0.277 e. The van der Waals surface area contributed by atoms with Crippen molar-refractivity contribution in [2.45, 2.75) is 10.9 Å². The van der Waals surface area contributed by atoms with Crippen LogP contribution in [0.25, 0.3) is 5.69 Å². The van der Waals surface area contributed by atoms with Gasteiger partial charge in [-0.1, -0.05) is 48.2 Å². The summed E-state index contributed by atoms with van der Waals surface area (Å²) < 4.78 is 1.86. The second kappa shape index (κ2) is 6.40. The summed E-state index contributed by atoms with van der Waals surface area (Å²) in [6.07, 6.45) is 1.64. The Labute approximate surface area is 131 Å². The summed E-state index contributed by atoms with van der Waals surface area (Å²) in [5.74, 6) is 0.461. The van der Waals surface area contributed by atoms with Gasteiger partial charge in [0.05, 0.1) is 4.92 Å². The van der Waals surface area contributed by atoms with E-state index in [4.69, 9.17) is 0 Å². The Morgan fingerprint density at radius 3 is 2.59 bits per heavy atom. The molecule has 0 bridgehead atoms. The van der Waals surface area contributed by atoms with E-state index in [1.165, 1.54) is 17.8 Å². The van der Waals surface area contributed by atoms with Gasteiger partial charge < -0.3 is 0 Å². The molecule has 1 heterocycles. The van der Waals surface area contributed by atoms with Crippen molar-refractivity contribution >= 4 is 17.4 Å². The molecule has 0 fully saturated rings. The van der Waals surface area contributed by atoms with Gasteiger partial charge in [-0.05, 0) is 12.1 Å². The molecule has 0 saturated heterocycles. The molecule has 0 saturated carbocycles. The SMILES string of the molecule is O=[N+]([O-])c1ccccc1CSc1nncn1-c1ccccc1. The van der Waals surface area contributed by atoms with E-state index in [1.807, 2.05) is 34.9 Å². The molecule has 0 N–H and O–H groups in total. The highest BCUT2D eigenvalue weighted by Crippen LogP contribution is 2.27. The van der Waals surface area contributed by atoms with Crippen LogP contribution in [0.3, 0.4) is 0 Å². The first-order valence-corrected chi connectivity index (χ1v) is 7.55. The summed E-state index contributed by atoms with van der Waals surface area (Å²) in [6.45, 7) is 0. The summed E-state index contributed by atoms with van der Waals surface area (Å²) >= 11 is 1.42. The van der Waals surface area contributed by atoms with Crippen LogP contribution in [-0.2, 0) is 5.75 Å². The van der Waals surface area contributed by atoms with Crippen LogP contribution in [0.2, 0.25) is 0 Å². The average Bonchev–Trinajstić information content (AvgIpc) is 3.02. The Balaban J connectivity index is 1.82. The molecule has 0 atom stereocenters. The summed E-state index contributed by atoms with van der Waals surface area (Å²) in [7, 11) is 0. The fourth-order valence-electron chi connectivity index (χ4n) is 2.04. The van der Waals surface area contributed by atoms with E-state index in [1.54, 1.807) is 24.5 Å². The van der Waals surface area contributed by atoms with E-state index < -0.39 is 0 Å². The van der Waals surface area contributed by atoms with Crippen LogP contribution in [0.4, 0.5) is 5.69 Å². The topological polar surface area (TPSA) is 73.8 Å². The molecule has 0 aliphatic rings. The molecule has 110 valence electrons. The smallest absolute Gasteiger partial charge is 0.273 e. The Bertz CT molecular complexity index is 789. The maximum absolute atomic E-state index is 11.0. The fourth-order valence-corrected chi connectivity index (χ4v) is 2.97. The van der Waals surface area contributed by atoms with E-state index >= 15 is 0 Å². The van der Waals surface area contributed by atoms with Gasteiger partial charge in [-0.2, -0.15) is 0 Å². The minimum absolute atomic E-state index is 0.126. The molecule has 6 nitrogen and oxygen atoms in total. The Morgan fingerprint density at radius 1 is 1.09 bits per heavy atom. The molecule has 2 aromatic carbocycles. The van der Waals surface area contributed by atoms with Gasteiger partial charge in [0.15, 0.2) is 5.16 Å². The monoisotopic (exact) mass is 312 g/mol. The van der Waals surface area contributed by atoms with E-state index in [2.05, 4.69) is 10.2 Å². The number of para-hydroxylation sites is 2. The molecule has 0 aliphatic carbocycles. The first-order valence-electron chi connectivity index (χ1n) is 6.56. The predicted molar refractivity (Wildman–Crippen MR) is 84.0 cm³/mol. The molecular weight excluding hydrogens is 300 g/mol. The number of rotatable bonds is 5. The number of thioether (sulfide) groups is 1. The largest absolute Gasteiger partial charge is 0.277 e. The molecule has 1 aromatic heterocycles. The number of nitro groups is 1. The number of aromatic nitrogens is 3. The van der Waals surface area contributed by atoms with Crippen molar-refractivity contribution < 1.29 is 4.92 Å². The molecule has 3 aromatic rings. The van der Waals surface area contributed by atoms with Crippen molar-refractivity contribution in [1.82, 2.24) is 14.8 Å². The average molecular weight is 312 g/mol. The van der Waals surface area contributed by atoms with Gasteiger partial charge in [0.2, 0.25) is 0 Å². The zero-order valence-electron chi connectivity index (χ0n) is 11.5. The molecule has 0 aliphatic heterocycles. The van der Waals surface area contributed by atoms with Gasteiger partial charge in [0.1, 0.15) is 6.33 Å². The zero-order valence-corrected chi connectivity index (χ0v) is 12.3. The van der Waals surface area contributed by atoms with Crippen molar-refractivity contribution in [3.63, 3.8) is 0 Å². The zero-order chi connectivity index (χ0) is 15.4. The molecular formula is C15H12N4O2S. The maximum Gasteiger partial charge on any atom is 0.273 e. The summed E-state index contributed by atoms with van der Waals surface area (Å²) in [5.41, 5.74) is 1.75. The highest BCUT2D eigenvalue weighted by atomic mass is 32.2. The van der Waals surface area contributed by atoms with Crippen LogP contribution in [0.15, 0.2) is 66.1 Å². The highest BCUT2D eigenvalue weighted by molar-refractivity contribution is 7.98. The van der Waals surface area contributed by atoms with Gasteiger partial charge in [-0.15, -0.1) is 10.2 Å². The molecule has 0 radical (unpaired) electrons. The summed E-state index contributed by atoms with van der Waals surface area (Å²) in [6, 6.07) is 16.5. The maximum atomic E-state index is 11.0. The van der Waals surface area contributed by atoms with Crippen molar-refractivity contribution in [3.05, 3.63) is 76.6 Å². The first-order chi connectivity index (χ1) is 10.8. The summed E-state index contributed by atoms with van der Waals surface area (Å²) in [5, 5.41) is 19.7. The summed E-state index contributed by atoms with van der Waals surface area (Å²) in [4.78, 5) is 10.7. The minimum atomic E-state index is -0.363. The van der Waals surface area contributed by atoms with Crippen LogP contribution in [0.5, 0.6) is 0 Å². The van der Waals surface area contributed by atoms with Crippen LogP contribution >= 0.6 is 11.8 Å². The number of hydrogen-bond donors (Lipinski definition) is 0. The second-order valence-electron chi connectivity index (χ2n) is 4.49. The standard InChI is InChI=1S/C15H12N4O2S/c20-19(21)14-9-5-4-6-12(14)10-22-15-17-16-11-18(15)13-7-2-1-3-8-13/h1-9,11H,10H2. The number of nitrogens with zero attached hydrogens (tertiary/aromatic N) is 4. The lowest BCUT2D eigenvalue weighted by atomic mass is 10.2. The Hall–Kier alpha value is -2.67.